The average Bonchev–Trinajstić information content (AvgIpc) is 3.11. The van der Waals surface area contributed by atoms with Gasteiger partial charge in [-0.15, -0.1) is 36.6 Å². The van der Waals surface area contributed by atoms with E-state index < -0.39 is 0 Å². The Hall–Kier alpha value is -1.73. The van der Waals surface area contributed by atoms with E-state index in [1.807, 2.05) is 58.0 Å². The van der Waals surface area contributed by atoms with Gasteiger partial charge in [0.1, 0.15) is 5.65 Å². The topological polar surface area (TPSA) is 63.6 Å². The third-order valence-corrected chi connectivity index (χ3v) is 6.55. The summed E-state index contributed by atoms with van der Waals surface area (Å²) in [5.41, 5.74) is 8.89. The summed E-state index contributed by atoms with van der Waals surface area (Å²) in [5, 5.41) is 0. The highest BCUT2D eigenvalue weighted by Crippen LogP contribution is 2.29. The lowest BCUT2D eigenvalue weighted by molar-refractivity contribution is 0.0533. The molecule has 2 N–H and O–H groups in total. The molecular weight excluding hydrogens is 439 g/mol. The Morgan fingerprint density at radius 1 is 1.20 bits per heavy atom. The molecule has 2 aromatic heterocycles. The summed E-state index contributed by atoms with van der Waals surface area (Å²) in [6.45, 7) is 5.71. The fourth-order valence-corrected chi connectivity index (χ4v) is 4.42. The minimum absolute atomic E-state index is 0. The fraction of sp³-hybridized carbons (Fsp3) is 0.364. The average molecular weight is 467 g/mol. The first kappa shape index (κ1) is 24.5. The molecule has 30 heavy (non-hydrogen) atoms. The SMILES string of the molecule is CC1(C)CN(C(=O)c2ccc(SCc3cn4ccccc4n3)cc2)CCC1N.Cl.Cl. The number of hydrogen-bond acceptors (Lipinski definition) is 4. The molecule has 1 fully saturated rings. The maximum absolute atomic E-state index is 12.8. The number of nitrogens with two attached hydrogens (primary N) is 1. The van der Waals surface area contributed by atoms with Gasteiger partial charge in [-0.25, -0.2) is 4.98 Å². The predicted molar refractivity (Wildman–Crippen MR) is 128 cm³/mol. The second-order valence-electron chi connectivity index (χ2n) is 8.12. The third kappa shape index (κ3) is 5.30. The van der Waals surface area contributed by atoms with Crippen molar-refractivity contribution in [3.05, 3.63) is 66.1 Å². The lowest BCUT2D eigenvalue weighted by Gasteiger charge is -2.42. The first-order chi connectivity index (χ1) is 13.4. The first-order valence-electron chi connectivity index (χ1n) is 9.63. The van der Waals surface area contributed by atoms with Crippen LogP contribution in [0.25, 0.3) is 5.65 Å². The Kier molecular flexibility index (Phi) is 8.22. The molecule has 1 unspecified atom stereocenters. The van der Waals surface area contributed by atoms with Crippen molar-refractivity contribution in [1.29, 1.82) is 0 Å². The summed E-state index contributed by atoms with van der Waals surface area (Å²) in [6.07, 6.45) is 4.92. The maximum atomic E-state index is 12.8. The van der Waals surface area contributed by atoms with E-state index in [-0.39, 0.29) is 42.2 Å². The highest BCUT2D eigenvalue weighted by molar-refractivity contribution is 7.98. The van der Waals surface area contributed by atoms with Gasteiger partial charge >= 0.3 is 0 Å². The molecule has 1 amide bonds. The van der Waals surface area contributed by atoms with Crippen molar-refractivity contribution in [2.45, 2.75) is 37.0 Å². The normalized spacial score (nSPS) is 17.8. The molecule has 0 aliphatic carbocycles. The number of piperidine rings is 1. The number of carbonyl (C=O) groups is 1. The number of likely N-dealkylation sites (tertiary alicyclic amines) is 1. The number of fused-ring (bicyclic) bond motifs is 1. The van der Waals surface area contributed by atoms with Crippen LogP contribution in [0.1, 0.15) is 36.3 Å². The van der Waals surface area contributed by atoms with Gasteiger partial charge in [-0.1, -0.05) is 19.9 Å². The second kappa shape index (κ2) is 10.1. The number of halogens is 2. The zero-order chi connectivity index (χ0) is 19.7. The molecule has 3 aromatic rings. The van der Waals surface area contributed by atoms with Crippen LogP contribution < -0.4 is 5.73 Å². The van der Waals surface area contributed by atoms with E-state index in [2.05, 4.69) is 25.0 Å². The van der Waals surface area contributed by atoms with E-state index >= 15 is 0 Å². The fourth-order valence-electron chi connectivity index (χ4n) is 3.64. The van der Waals surface area contributed by atoms with Crippen molar-refractivity contribution in [2.75, 3.05) is 13.1 Å². The van der Waals surface area contributed by atoms with E-state index in [9.17, 15) is 4.79 Å². The molecular formula is C22H28Cl2N4OS. The van der Waals surface area contributed by atoms with Gasteiger partial charge in [0.05, 0.1) is 5.69 Å². The van der Waals surface area contributed by atoms with Gasteiger partial charge in [-0.2, -0.15) is 0 Å². The quantitative estimate of drug-likeness (QED) is 0.567. The van der Waals surface area contributed by atoms with Gasteiger partial charge in [-0.3, -0.25) is 4.79 Å². The molecule has 1 atom stereocenters. The van der Waals surface area contributed by atoms with Crippen LogP contribution >= 0.6 is 36.6 Å². The molecule has 0 bridgehead atoms. The van der Waals surface area contributed by atoms with E-state index in [1.165, 1.54) is 0 Å². The Balaban J connectivity index is 0.00000160. The molecule has 4 rings (SSSR count). The number of hydrogen-bond donors (Lipinski definition) is 1. The number of amides is 1. The van der Waals surface area contributed by atoms with Crippen LogP contribution in [0.3, 0.4) is 0 Å². The molecule has 1 aliphatic rings. The number of nitrogens with zero attached hydrogens (tertiary/aromatic N) is 3. The Morgan fingerprint density at radius 2 is 1.93 bits per heavy atom. The van der Waals surface area contributed by atoms with Gasteiger partial charge in [0.2, 0.25) is 0 Å². The van der Waals surface area contributed by atoms with E-state index in [1.54, 1.807) is 11.8 Å². The molecule has 1 aromatic carbocycles. The van der Waals surface area contributed by atoms with Crippen molar-refractivity contribution in [3.63, 3.8) is 0 Å². The zero-order valence-corrected chi connectivity index (χ0v) is 19.6. The van der Waals surface area contributed by atoms with Gasteiger partial charge in [-0.05, 0) is 48.2 Å². The molecule has 162 valence electrons. The second-order valence-corrected chi connectivity index (χ2v) is 9.17. The number of thioether (sulfide) groups is 1. The van der Waals surface area contributed by atoms with E-state index in [0.29, 0.717) is 6.54 Å². The smallest absolute Gasteiger partial charge is 0.253 e. The van der Waals surface area contributed by atoms with Crippen LogP contribution in [0.5, 0.6) is 0 Å². The van der Waals surface area contributed by atoms with Crippen molar-refractivity contribution in [2.24, 2.45) is 11.1 Å². The zero-order valence-electron chi connectivity index (χ0n) is 17.2. The van der Waals surface area contributed by atoms with E-state index in [4.69, 9.17) is 5.73 Å². The van der Waals surface area contributed by atoms with Crippen LogP contribution in [-0.2, 0) is 5.75 Å². The number of pyridine rings is 1. The minimum atomic E-state index is -0.0439. The van der Waals surface area contributed by atoms with Crippen molar-refractivity contribution in [1.82, 2.24) is 14.3 Å². The Bertz CT molecular complexity index is 957. The number of aromatic nitrogens is 2. The Labute approximate surface area is 194 Å². The maximum Gasteiger partial charge on any atom is 0.253 e. The largest absolute Gasteiger partial charge is 0.338 e. The molecule has 1 saturated heterocycles. The predicted octanol–water partition coefficient (Wildman–Crippen LogP) is 4.67. The van der Waals surface area contributed by atoms with Gasteiger partial charge in [0, 0.05) is 47.7 Å². The summed E-state index contributed by atoms with van der Waals surface area (Å²) < 4.78 is 2.03. The van der Waals surface area contributed by atoms with Crippen molar-refractivity contribution < 1.29 is 4.79 Å². The number of rotatable bonds is 4. The highest BCUT2D eigenvalue weighted by atomic mass is 35.5. The summed E-state index contributed by atoms with van der Waals surface area (Å²) in [7, 11) is 0. The number of benzene rings is 1. The summed E-state index contributed by atoms with van der Waals surface area (Å²) in [5.74, 6) is 0.893. The van der Waals surface area contributed by atoms with Crippen LogP contribution in [-0.4, -0.2) is 39.3 Å². The lowest BCUT2D eigenvalue weighted by Crippen LogP contribution is -2.53. The standard InChI is InChI=1S/C22H26N4OS.2ClH/c1-22(2)15-26(12-10-19(22)23)21(27)16-6-8-18(9-7-16)28-14-17-13-25-11-4-3-5-20(25)24-17;;/h3-9,11,13,19H,10,12,14-15,23H2,1-2H3;2*1H. The third-order valence-electron chi connectivity index (χ3n) is 5.50. The summed E-state index contributed by atoms with van der Waals surface area (Å²) in [6, 6.07) is 14.0. The Morgan fingerprint density at radius 3 is 2.60 bits per heavy atom. The van der Waals surface area contributed by atoms with Crippen LogP contribution in [0.15, 0.2) is 59.8 Å². The summed E-state index contributed by atoms with van der Waals surface area (Å²) in [4.78, 5) is 20.5. The molecule has 5 nitrogen and oxygen atoms in total. The van der Waals surface area contributed by atoms with Crippen LogP contribution in [0.2, 0.25) is 0 Å². The molecule has 0 saturated carbocycles. The molecule has 0 radical (unpaired) electrons. The molecule has 0 spiro atoms. The monoisotopic (exact) mass is 466 g/mol. The number of imidazole rings is 1. The van der Waals surface area contributed by atoms with Crippen LogP contribution in [0, 0.1) is 5.41 Å². The first-order valence-corrected chi connectivity index (χ1v) is 10.6. The highest BCUT2D eigenvalue weighted by Gasteiger charge is 2.35. The van der Waals surface area contributed by atoms with E-state index in [0.717, 1.165) is 40.5 Å². The number of carbonyl (C=O) groups excluding carboxylic acids is 1. The van der Waals surface area contributed by atoms with Crippen molar-refractivity contribution >= 4 is 48.1 Å². The lowest BCUT2D eigenvalue weighted by atomic mass is 9.79. The molecule has 8 heteroatoms. The minimum Gasteiger partial charge on any atom is -0.338 e. The summed E-state index contributed by atoms with van der Waals surface area (Å²) >= 11 is 1.73. The van der Waals surface area contributed by atoms with Gasteiger partial charge < -0.3 is 15.0 Å². The van der Waals surface area contributed by atoms with Crippen LogP contribution in [0.4, 0.5) is 0 Å². The van der Waals surface area contributed by atoms with Gasteiger partial charge in [0.15, 0.2) is 0 Å². The molecule has 3 heterocycles. The van der Waals surface area contributed by atoms with Crippen molar-refractivity contribution in [3.8, 4) is 0 Å². The van der Waals surface area contributed by atoms with Gasteiger partial charge in [0.25, 0.3) is 5.91 Å². The molecule has 1 aliphatic heterocycles.